The number of anilines is 1. The van der Waals surface area contributed by atoms with Gasteiger partial charge in [0.15, 0.2) is 9.84 Å². The van der Waals surface area contributed by atoms with Crippen molar-refractivity contribution < 1.29 is 21.6 Å². The number of rotatable bonds is 5. The number of hydrogen-bond donors (Lipinski definition) is 1. The second-order valence-electron chi connectivity index (χ2n) is 6.99. The first kappa shape index (κ1) is 20.3. The van der Waals surface area contributed by atoms with Crippen LogP contribution in [0.4, 0.5) is 5.69 Å². The summed E-state index contributed by atoms with van der Waals surface area (Å²) in [5.41, 5.74) is 0.978. The maximum Gasteiger partial charge on any atom is 0.265 e. The first-order chi connectivity index (χ1) is 11.9. The third-order valence-electron chi connectivity index (χ3n) is 3.83. The zero-order valence-electron chi connectivity index (χ0n) is 15.4. The van der Waals surface area contributed by atoms with Gasteiger partial charge in [-0.2, -0.15) is 0 Å². The summed E-state index contributed by atoms with van der Waals surface area (Å²) in [4.78, 5) is -0.325. The Morgan fingerprint density at radius 1 is 0.962 bits per heavy atom. The number of hydrogen-bond acceptors (Lipinski definition) is 5. The molecule has 0 aliphatic rings. The summed E-state index contributed by atoms with van der Waals surface area (Å²) < 4.78 is 57.2. The summed E-state index contributed by atoms with van der Waals surface area (Å²) in [7, 11) is -6.29. The summed E-state index contributed by atoms with van der Waals surface area (Å²) in [5, 5.41) is 0. The van der Waals surface area contributed by atoms with Crippen LogP contribution < -0.4 is 9.46 Å². The number of nitrogens with one attached hydrogen (secondary N) is 1. The lowest BCUT2D eigenvalue weighted by Crippen LogP contribution is -2.19. The molecule has 0 aliphatic carbocycles. The van der Waals surface area contributed by atoms with E-state index in [-0.39, 0.29) is 21.0 Å². The smallest absolute Gasteiger partial charge is 0.265 e. The highest BCUT2D eigenvalue weighted by Gasteiger charge is 2.25. The van der Waals surface area contributed by atoms with Crippen LogP contribution in [-0.2, 0) is 25.3 Å². The number of benzene rings is 2. The molecule has 8 heteroatoms. The van der Waals surface area contributed by atoms with Crippen molar-refractivity contribution in [3.63, 3.8) is 0 Å². The molecular formula is C18H23NO5S2. The lowest BCUT2D eigenvalue weighted by atomic mass is 9.86. The maximum atomic E-state index is 13.0. The minimum Gasteiger partial charge on any atom is -0.495 e. The largest absolute Gasteiger partial charge is 0.495 e. The fraction of sp³-hybridized carbons (Fsp3) is 0.333. The van der Waals surface area contributed by atoms with Crippen LogP contribution in [0.15, 0.2) is 52.3 Å². The minimum atomic E-state index is -4.06. The molecule has 0 saturated carbocycles. The number of sulfone groups is 1. The standard InChI is InChI=1S/C18H23NO5S2/c1-18(2,3)14-8-6-7-9-15(14)19-26(22,23)17-12-13(25(5,20)21)10-11-16(17)24-4/h6-12,19H,1-5H3. The molecule has 0 bridgehead atoms. The van der Waals surface area contributed by atoms with Crippen LogP contribution >= 0.6 is 0 Å². The Kier molecular flexibility index (Phi) is 5.39. The average molecular weight is 398 g/mol. The van der Waals surface area contributed by atoms with Gasteiger partial charge >= 0.3 is 0 Å². The van der Waals surface area contributed by atoms with E-state index in [4.69, 9.17) is 4.74 Å². The molecule has 2 aromatic carbocycles. The molecule has 2 aromatic rings. The van der Waals surface area contributed by atoms with Crippen LogP contribution in [0.2, 0.25) is 0 Å². The Labute approximate surface area is 155 Å². The molecule has 1 N–H and O–H groups in total. The molecular weight excluding hydrogens is 374 g/mol. The van der Waals surface area contributed by atoms with Crippen molar-refractivity contribution in [2.75, 3.05) is 18.1 Å². The molecule has 26 heavy (non-hydrogen) atoms. The van der Waals surface area contributed by atoms with E-state index in [0.29, 0.717) is 5.69 Å². The first-order valence-electron chi connectivity index (χ1n) is 7.87. The van der Waals surface area contributed by atoms with Gasteiger partial charge in [0.25, 0.3) is 10.0 Å². The summed E-state index contributed by atoms with van der Waals surface area (Å²) in [6.45, 7) is 5.93. The van der Waals surface area contributed by atoms with Gasteiger partial charge in [0, 0.05) is 6.26 Å². The molecule has 0 fully saturated rings. The Hall–Kier alpha value is -2.06. The van der Waals surface area contributed by atoms with Crippen LogP contribution in [0, 0.1) is 0 Å². The molecule has 0 radical (unpaired) electrons. The van der Waals surface area contributed by atoms with E-state index < -0.39 is 19.9 Å². The van der Waals surface area contributed by atoms with Crippen LogP contribution in [-0.4, -0.2) is 30.2 Å². The lowest BCUT2D eigenvalue weighted by molar-refractivity contribution is 0.402. The zero-order valence-corrected chi connectivity index (χ0v) is 17.0. The van der Waals surface area contributed by atoms with Crippen molar-refractivity contribution in [2.24, 2.45) is 0 Å². The molecule has 0 saturated heterocycles. The van der Waals surface area contributed by atoms with Gasteiger partial charge in [-0.3, -0.25) is 4.72 Å². The Balaban J connectivity index is 2.60. The van der Waals surface area contributed by atoms with E-state index in [1.165, 1.54) is 19.2 Å². The topological polar surface area (TPSA) is 89.5 Å². The van der Waals surface area contributed by atoms with Crippen LogP contribution in [0.1, 0.15) is 26.3 Å². The first-order valence-corrected chi connectivity index (χ1v) is 11.2. The predicted octanol–water partition coefficient (Wildman–Crippen LogP) is 3.20. The Morgan fingerprint density at radius 2 is 1.58 bits per heavy atom. The minimum absolute atomic E-state index is 0.0677. The molecule has 0 amide bonds. The lowest BCUT2D eigenvalue weighted by Gasteiger charge is -2.23. The summed E-state index contributed by atoms with van der Waals surface area (Å²) in [5.74, 6) is 0.0677. The molecule has 0 atom stereocenters. The van der Waals surface area contributed by atoms with Gasteiger partial charge in [0.2, 0.25) is 0 Å². The highest BCUT2D eigenvalue weighted by atomic mass is 32.2. The van der Waals surface area contributed by atoms with Crippen molar-refractivity contribution in [1.82, 2.24) is 0 Å². The molecule has 0 spiro atoms. The fourth-order valence-corrected chi connectivity index (χ4v) is 4.52. The zero-order chi connectivity index (χ0) is 19.8. The van der Waals surface area contributed by atoms with Crippen molar-refractivity contribution in [2.45, 2.75) is 36.0 Å². The highest BCUT2D eigenvalue weighted by Crippen LogP contribution is 2.33. The van der Waals surface area contributed by atoms with E-state index in [0.717, 1.165) is 17.9 Å². The Bertz CT molecular complexity index is 1020. The van der Waals surface area contributed by atoms with Crippen LogP contribution in [0.3, 0.4) is 0 Å². The summed E-state index contributed by atoms with van der Waals surface area (Å²) in [6.07, 6.45) is 1.02. The van der Waals surface area contributed by atoms with Gasteiger partial charge < -0.3 is 4.74 Å². The SMILES string of the molecule is COc1ccc(S(C)(=O)=O)cc1S(=O)(=O)Nc1ccccc1C(C)(C)C. The third-order valence-corrected chi connectivity index (χ3v) is 6.33. The van der Waals surface area contributed by atoms with Crippen molar-refractivity contribution in [3.05, 3.63) is 48.0 Å². The number of sulfonamides is 1. The van der Waals surface area contributed by atoms with E-state index in [1.54, 1.807) is 12.1 Å². The van der Waals surface area contributed by atoms with E-state index in [9.17, 15) is 16.8 Å². The molecule has 0 heterocycles. The highest BCUT2D eigenvalue weighted by molar-refractivity contribution is 7.93. The maximum absolute atomic E-state index is 13.0. The van der Waals surface area contributed by atoms with Gasteiger partial charge in [0.1, 0.15) is 10.6 Å². The number of ether oxygens (including phenoxy) is 1. The molecule has 142 valence electrons. The van der Waals surface area contributed by atoms with Crippen molar-refractivity contribution in [1.29, 1.82) is 0 Å². The van der Waals surface area contributed by atoms with Gasteiger partial charge in [0.05, 0.1) is 17.7 Å². The molecule has 0 unspecified atom stereocenters. The molecule has 0 aromatic heterocycles. The Morgan fingerprint density at radius 3 is 2.12 bits per heavy atom. The second-order valence-corrected chi connectivity index (χ2v) is 10.7. The summed E-state index contributed by atoms with van der Waals surface area (Å²) in [6, 6.07) is 10.8. The summed E-state index contributed by atoms with van der Waals surface area (Å²) >= 11 is 0. The fourth-order valence-electron chi connectivity index (χ4n) is 2.52. The molecule has 0 aliphatic heterocycles. The van der Waals surface area contributed by atoms with Gasteiger partial charge in [-0.25, -0.2) is 16.8 Å². The van der Waals surface area contributed by atoms with Gasteiger partial charge in [-0.1, -0.05) is 39.0 Å². The predicted molar refractivity (Wildman–Crippen MR) is 102 cm³/mol. The van der Waals surface area contributed by atoms with Crippen LogP contribution in [0.25, 0.3) is 0 Å². The van der Waals surface area contributed by atoms with Crippen molar-refractivity contribution in [3.8, 4) is 5.75 Å². The number of para-hydroxylation sites is 1. The molecule has 6 nitrogen and oxygen atoms in total. The second kappa shape index (κ2) is 6.92. The average Bonchev–Trinajstić information content (AvgIpc) is 2.52. The van der Waals surface area contributed by atoms with Gasteiger partial charge in [-0.15, -0.1) is 0 Å². The van der Waals surface area contributed by atoms with E-state index in [1.807, 2.05) is 32.9 Å². The van der Waals surface area contributed by atoms with E-state index >= 15 is 0 Å². The van der Waals surface area contributed by atoms with Crippen molar-refractivity contribution >= 4 is 25.5 Å². The van der Waals surface area contributed by atoms with E-state index in [2.05, 4.69) is 4.72 Å². The number of methoxy groups -OCH3 is 1. The normalized spacial score (nSPS) is 12.7. The third kappa shape index (κ3) is 4.37. The van der Waals surface area contributed by atoms with Gasteiger partial charge in [-0.05, 0) is 35.2 Å². The quantitative estimate of drug-likeness (QED) is 0.837. The molecule has 2 rings (SSSR count). The monoisotopic (exact) mass is 397 g/mol. The van der Waals surface area contributed by atoms with Crippen LogP contribution in [0.5, 0.6) is 5.75 Å².